The summed E-state index contributed by atoms with van der Waals surface area (Å²) in [6.07, 6.45) is 7.52. The van der Waals surface area contributed by atoms with E-state index in [2.05, 4.69) is 5.32 Å². The van der Waals surface area contributed by atoms with Crippen molar-refractivity contribution in [2.45, 2.75) is 44.6 Å². The molecule has 2 rings (SSSR count). The van der Waals surface area contributed by atoms with Crippen LogP contribution in [-0.2, 0) is 9.53 Å². The summed E-state index contributed by atoms with van der Waals surface area (Å²) in [6, 6.07) is -0.0492. The Kier molecular flexibility index (Phi) is 2.77. The predicted octanol–water partition coefficient (Wildman–Crippen LogP) is 1.47. The van der Waals surface area contributed by atoms with E-state index in [1.54, 1.807) is 0 Å². The molecule has 3 heteroatoms. The van der Waals surface area contributed by atoms with Crippen LogP contribution < -0.4 is 5.32 Å². The van der Waals surface area contributed by atoms with Crippen molar-refractivity contribution in [2.75, 3.05) is 13.7 Å². The quantitative estimate of drug-likeness (QED) is 0.647. The number of rotatable bonds is 1. The molecule has 3 nitrogen and oxygen atoms in total. The zero-order chi connectivity index (χ0) is 10.0. The van der Waals surface area contributed by atoms with Crippen molar-refractivity contribution in [3.63, 3.8) is 0 Å². The molecule has 1 unspecified atom stereocenters. The van der Waals surface area contributed by atoms with Gasteiger partial charge in [-0.2, -0.15) is 0 Å². The maximum atomic E-state index is 11.4. The van der Waals surface area contributed by atoms with Crippen LogP contribution in [0.4, 0.5) is 0 Å². The van der Waals surface area contributed by atoms with Gasteiger partial charge in [0.15, 0.2) is 0 Å². The minimum atomic E-state index is -0.0871. The normalized spacial score (nSPS) is 30.5. The first kappa shape index (κ1) is 9.97. The van der Waals surface area contributed by atoms with Crippen LogP contribution in [0.5, 0.6) is 0 Å². The third kappa shape index (κ3) is 1.78. The van der Waals surface area contributed by atoms with Crippen LogP contribution in [-0.4, -0.2) is 25.7 Å². The average Bonchev–Trinajstić information content (AvgIpc) is 2.65. The highest BCUT2D eigenvalue weighted by molar-refractivity contribution is 5.75. The summed E-state index contributed by atoms with van der Waals surface area (Å²) in [4.78, 5) is 11.4. The molecule has 1 aliphatic carbocycles. The van der Waals surface area contributed by atoms with Crippen molar-refractivity contribution in [3.8, 4) is 0 Å². The van der Waals surface area contributed by atoms with E-state index >= 15 is 0 Å². The Labute approximate surface area is 85.2 Å². The molecule has 1 heterocycles. The number of esters is 1. The Hall–Kier alpha value is -0.570. The number of ether oxygens (including phenoxy) is 1. The van der Waals surface area contributed by atoms with Crippen molar-refractivity contribution in [1.82, 2.24) is 5.32 Å². The monoisotopic (exact) mass is 197 g/mol. The largest absolute Gasteiger partial charge is 0.468 e. The van der Waals surface area contributed by atoms with Crippen LogP contribution >= 0.6 is 0 Å². The van der Waals surface area contributed by atoms with Gasteiger partial charge in [-0.15, -0.1) is 0 Å². The van der Waals surface area contributed by atoms with Crippen molar-refractivity contribution in [2.24, 2.45) is 5.41 Å². The van der Waals surface area contributed by atoms with Crippen LogP contribution in [0.1, 0.15) is 38.5 Å². The maximum Gasteiger partial charge on any atom is 0.322 e. The number of methoxy groups -OCH3 is 1. The lowest BCUT2D eigenvalue weighted by molar-refractivity contribution is -0.145. The second-order valence-corrected chi connectivity index (χ2v) is 4.69. The van der Waals surface area contributed by atoms with Crippen molar-refractivity contribution in [1.29, 1.82) is 0 Å². The second-order valence-electron chi connectivity index (χ2n) is 4.69. The Morgan fingerprint density at radius 2 is 2.07 bits per heavy atom. The number of carbonyl (C=O) groups excluding carboxylic acids is 1. The first-order chi connectivity index (χ1) is 6.76. The van der Waals surface area contributed by atoms with Crippen molar-refractivity contribution < 1.29 is 9.53 Å². The first-order valence-electron chi connectivity index (χ1n) is 5.57. The number of nitrogens with one attached hydrogen (secondary N) is 1. The molecule has 1 atom stereocenters. The Bertz CT molecular complexity index is 221. The molecule has 0 bridgehead atoms. The molecule has 80 valence electrons. The summed E-state index contributed by atoms with van der Waals surface area (Å²) in [5.41, 5.74) is 0.462. The molecule has 1 aliphatic heterocycles. The zero-order valence-electron chi connectivity index (χ0n) is 8.84. The maximum absolute atomic E-state index is 11.4. The van der Waals surface area contributed by atoms with E-state index in [0.29, 0.717) is 5.41 Å². The summed E-state index contributed by atoms with van der Waals surface area (Å²) in [5, 5.41) is 3.25. The fourth-order valence-electron chi connectivity index (χ4n) is 3.01. The lowest BCUT2D eigenvalue weighted by Gasteiger charge is -2.37. The fraction of sp³-hybridized carbons (Fsp3) is 0.909. The average molecular weight is 197 g/mol. The Morgan fingerprint density at radius 1 is 1.36 bits per heavy atom. The molecule has 1 N–H and O–H groups in total. The number of piperidine rings is 1. The topological polar surface area (TPSA) is 38.3 Å². The van der Waals surface area contributed by atoms with E-state index in [0.717, 1.165) is 13.0 Å². The first-order valence-corrected chi connectivity index (χ1v) is 5.57. The summed E-state index contributed by atoms with van der Waals surface area (Å²) in [7, 11) is 1.47. The Balaban J connectivity index is 1.99. The zero-order valence-corrected chi connectivity index (χ0v) is 8.84. The number of hydrogen-bond donors (Lipinski definition) is 1. The standard InChI is InChI=1S/C11H19NO2/c1-14-10(13)9-8-11(6-7-12-9)4-2-3-5-11/h9,12H,2-8H2,1H3. The third-order valence-corrected chi connectivity index (χ3v) is 3.83. The van der Waals surface area contributed by atoms with E-state index in [1.807, 2.05) is 0 Å². The van der Waals surface area contributed by atoms with Gasteiger partial charge in [-0.25, -0.2) is 0 Å². The van der Waals surface area contributed by atoms with E-state index in [-0.39, 0.29) is 12.0 Å². The fourth-order valence-corrected chi connectivity index (χ4v) is 3.01. The van der Waals surface area contributed by atoms with Gasteiger partial charge < -0.3 is 10.1 Å². The summed E-state index contributed by atoms with van der Waals surface area (Å²) in [5.74, 6) is -0.0871. The van der Waals surface area contributed by atoms with Gasteiger partial charge in [0.2, 0.25) is 0 Å². The highest BCUT2D eigenvalue weighted by atomic mass is 16.5. The van der Waals surface area contributed by atoms with Gasteiger partial charge in [-0.05, 0) is 37.6 Å². The van der Waals surface area contributed by atoms with Gasteiger partial charge in [-0.1, -0.05) is 12.8 Å². The van der Waals surface area contributed by atoms with Gasteiger partial charge in [-0.3, -0.25) is 4.79 Å². The smallest absolute Gasteiger partial charge is 0.322 e. The van der Waals surface area contributed by atoms with Crippen molar-refractivity contribution >= 4 is 5.97 Å². The van der Waals surface area contributed by atoms with Gasteiger partial charge >= 0.3 is 5.97 Å². The van der Waals surface area contributed by atoms with Gasteiger partial charge in [0.05, 0.1) is 7.11 Å². The minimum absolute atomic E-state index is 0.0492. The molecule has 14 heavy (non-hydrogen) atoms. The minimum Gasteiger partial charge on any atom is -0.468 e. The molecule has 0 aromatic rings. The molecule has 2 fully saturated rings. The molecular formula is C11H19NO2. The van der Waals surface area contributed by atoms with Gasteiger partial charge in [0, 0.05) is 0 Å². The van der Waals surface area contributed by atoms with E-state index in [1.165, 1.54) is 39.2 Å². The lowest BCUT2D eigenvalue weighted by Crippen LogP contribution is -2.47. The predicted molar refractivity (Wildman–Crippen MR) is 53.9 cm³/mol. The molecule has 0 aromatic heterocycles. The highest BCUT2D eigenvalue weighted by Crippen LogP contribution is 2.46. The lowest BCUT2D eigenvalue weighted by atomic mass is 9.75. The molecular weight excluding hydrogens is 178 g/mol. The Morgan fingerprint density at radius 3 is 2.71 bits per heavy atom. The number of carbonyl (C=O) groups is 1. The van der Waals surface area contributed by atoms with Crippen LogP contribution in [0.25, 0.3) is 0 Å². The summed E-state index contributed by atoms with van der Waals surface area (Å²) < 4.78 is 4.79. The van der Waals surface area contributed by atoms with Crippen LogP contribution in [0.2, 0.25) is 0 Å². The highest BCUT2D eigenvalue weighted by Gasteiger charge is 2.40. The van der Waals surface area contributed by atoms with E-state index < -0.39 is 0 Å². The van der Waals surface area contributed by atoms with E-state index in [4.69, 9.17) is 4.74 Å². The third-order valence-electron chi connectivity index (χ3n) is 3.83. The molecule has 1 spiro atoms. The molecule has 0 radical (unpaired) electrons. The molecule has 0 amide bonds. The van der Waals surface area contributed by atoms with Gasteiger partial charge in [0.25, 0.3) is 0 Å². The number of hydrogen-bond acceptors (Lipinski definition) is 3. The van der Waals surface area contributed by atoms with E-state index in [9.17, 15) is 4.79 Å². The van der Waals surface area contributed by atoms with Gasteiger partial charge in [0.1, 0.15) is 6.04 Å². The summed E-state index contributed by atoms with van der Waals surface area (Å²) >= 11 is 0. The van der Waals surface area contributed by atoms with Crippen LogP contribution in [0.3, 0.4) is 0 Å². The van der Waals surface area contributed by atoms with Crippen molar-refractivity contribution in [3.05, 3.63) is 0 Å². The SMILES string of the molecule is COC(=O)C1CC2(CCCC2)CCN1. The molecule has 2 aliphatic rings. The molecule has 1 saturated carbocycles. The van der Waals surface area contributed by atoms with Crippen LogP contribution in [0.15, 0.2) is 0 Å². The second kappa shape index (κ2) is 3.89. The van der Waals surface area contributed by atoms with Crippen LogP contribution in [0, 0.1) is 5.41 Å². The molecule has 1 saturated heterocycles. The summed E-state index contributed by atoms with van der Waals surface area (Å²) in [6.45, 7) is 0.972. The molecule has 0 aromatic carbocycles.